The molecule has 0 radical (unpaired) electrons. The standard InChI is InChI=1S/C8H7ClINO/c9-4-1-2-6-7(8(4)10)5(11)3-12-6/h1-2,5H,3,11H2/t5-/m1/s1. The van der Waals surface area contributed by atoms with Crippen molar-refractivity contribution < 1.29 is 4.74 Å². The van der Waals surface area contributed by atoms with Gasteiger partial charge in [-0.1, -0.05) is 11.6 Å². The van der Waals surface area contributed by atoms with E-state index in [9.17, 15) is 0 Å². The molecule has 0 saturated carbocycles. The molecule has 4 heteroatoms. The van der Waals surface area contributed by atoms with E-state index in [-0.39, 0.29) is 6.04 Å². The molecular weight excluding hydrogens is 288 g/mol. The fourth-order valence-corrected chi connectivity index (χ4v) is 2.29. The van der Waals surface area contributed by atoms with Gasteiger partial charge in [0.1, 0.15) is 12.4 Å². The van der Waals surface area contributed by atoms with Gasteiger partial charge in [0.15, 0.2) is 0 Å². The van der Waals surface area contributed by atoms with Gasteiger partial charge in [-0.2, -0.15) is 0 Å². The van der Waals surface area contributed by atoms with Crippen molar-refractivity contribution in [2.24, 2.45) is 5.73 Å². The second kappa shape index (κ2) is 3.05. The quantitative estimate of drug-likeness (QED) is 0.746. The zero-order valence-electron chi connectivity index (χ0n) is 6.18. The number of hydrogen-bond donors (Lipinski definition) is 1. The van der Waals surface area contributed by atoms with E-state index in [1.165, 1.54) is 0 Å². The van der Waals surface area contributed by atoms with Crippen LogP contribution in [0.4, 0.5) is 0 Å². The Balaban J connectivity index is 2.63. The molecule has 1 aromatic carbocycles. The SMILES string of the molecule is N[C@@H]1COc2ccc(Cl)c(I)c21. The van der Waals surface area contributed by atoms with Gasteiger partial charge in [0.25, 0.3) is 0 Å². The smallest absolute Gasteiger partial charge is 0.125 e. The van der Waals surface area contributed by atoms with Crippen molar-refractivity contribution in [3.05, 3.63) is 26.3 Å². The van der Waals surface area contributed by atoms with Gasteiger partial charge >= 0.3 is 0 Å². The molecule has 12 heavy (non-hydrogen) atoms. The molecule has 2 nitrogen and oxygen atoms in total. The summed E-state index contributed by atoms with van der Waals surface area (Å²) in [6.07, 6.45) is 0. The predicted molar refractivity (Wildman–Crippen MR) is 56.6 cm³/mol. The molecule has 1 aromatic rings. The van der Waals surface area contributed by atoms with Crippen LogP contribution in [0.1, 0.15) is 11.6 Å². The van der Waals surface area contributed by atoms with Crippen LogP contribution in [0.15, 0.2) is 12.1 Å². The van der Waals surface area contributed by atoms with Gasteiger partial charge in [-0.15, -0.1) is 0 Å². The minimum absolute atomic E-state index is 0.0226. The number of fused-ring (bicyclic) bond motifs is 1. The molecule has 2 N–H and O–H groups in total. The fourth-order valence-electron chi connectivity index (χ4n) is 1.28. The summed E-state index contributed by atoms with van der Waals surface area (Å²) in [5.74, 6) is 0.872. The Morgan fingerprint density at radius 2 is 2.33 bits per heavy atom. The first-order valence-electron chi connectivity index (χ1n) is 3.56. The Hall–Kier alpha value is -0.000000000000000111. The van der Waals surface area contributed by atoms with E-state index in [4.69, 9.17) is 22.1 Å². The largest absolute Gasteiger partial charge is 0.491 e. The highest BCUT2D eigenvalue weighted by atomic mass is 127. The van der Waals surface area contributed by atoms with Crippen molar-refractivity contribution >= 4 is 34.2 Å². The van der Waals surface area contributed by atoms with Crippen LogP contribution in [0.25, 0.3) is 0 Å². The van der Waals surface area contributed by atoms with Crippen LogP contribution in [0.5, 0.6) is 5.75 Å². The van der Waals surface area contributed by atoms with Gasteiger partial charge in [0.05, 0.1) is 11.1 Å². The van der Waals surface area contributed by atoms with Crippen LogP contribution in [0, 0.1) is 3.57 Å². The third kappa shape index (κ3) is 1.20. The Morgan fingerprint density at radius 1 is 1.58 bits per heavy atom. The van der Waals surface area contributed by atoms with Crippen LogP contribution in [0.2, 0.25) is 5.02 Å². The summed E-state index contributed by atoms with van der Waals surface area (Å²) in [5.41, 5.74) is 6.87. The summed E-state index contributed by atoms with van der Waals surface area (Å²) in [4.78, 5) is 0. The molecule has 1 heterocycles. The summed E-state index contributed by atoms with van der Waals surface area (Å²) in [5, 5.41) is 0.746. The zero-order chi connectivity index (χ0) is 8.72. The lowest BCUT2D eigenvalue weighted by Crippen LogP contribution is -2.11. The van der Waals surface area contributed by atoms with Crippen LogP contribution in [-0.2, 0) is 0 Å². The van der Waals surface area contributed by atoms with E-state index >= 15 is 0 Å². The maximum atomic E-state index is 5.94. The summed E-state index contributed by atoms with van der Waals surface area (Å²) in [6, 6.07) is 3.68. The average Bonchev–Trinajstić information content (AvgIpc) is 2.41. The minimum Gasteiger partial charge on any atom is -0.491 e. The second-order valence-corrected chi connectivity index (χ2v) is 4.18. The number of nitrogens with two attached hydrogens (primary N) is 1. The summed E-state index contributed by atoms with van der Waals surface area (Å²) >= 11 is 8.13. The highest BCUT2D eigenvalue weighted by molar-refractivity contribution is 14.1. The van der Waals surface area contributed by atoms with E-state index in [0.717, 1.165) is 19.9 Å². The topological polar surface area (TPSA) is 35.2 Å². The number of hydrogen-bond acceptors (Lipinski definition) is 2. The monoisotopic (exact) mass is 295 g/mol. The van der Waals surface area contributed by atoms with Gasteiger partial charge in [0.2, 0.25) is 0 Å². The molecule has 0 aromatic heterocycles. The highest BCUT2D eigenvalue weighted by Crippen LogP contribution is 2.37. The first kappa shape index (κ1) is 8.59. The fraction of sp³-hybridized carbons (Fsp3) is 0.250. The number of benzene rings is 1. The molecule has 2 rings (SSSR count). The molecule has 0 fully saturated rings. The number of rotatable bonds is 0. The van der Waals surface area contributed by atoms with E-state index < -0.39 is 0 Å². The van der Waals surface area contributed by atoms with Gasteiger partial charge in [-0.25, -0.2) is 0 Å². The molecule has 0 bridgehead atoms. The molecule has 0 spiro atoms. The van der Waals surface area contributed by atoms with Crippen molar-refractivity contribution in [3.63, 3.8) is 0 Å². The van der Waals surface area contributed by atoms with Crippen molar-refractivity contribution in [2.75, 3.05) is 6.61 Å². The van der Waals surface area contributed by atoms with Crippen LogP contribution in [0.3, 0.4) is 0 Å². The molecule has 64 valence electrons. The van der Waals surface area contributed by atoms with Crippen LogP contribution >= 0.6 is 34.2 Å². The molecule has 1 aliphatic heterocycles. The maximum Gasteiger partial charge on any atom is 0.125 e. The molecule has 0 unspecified atom stereocenters. The van der Waals surface area contributed by atoms with E-state index in [1.54, 1.807) is 0 Å². The van der Waals surface area contributed by atoms with E-state index in [0.29, 0.717) is 6.61 Å². The van der Waals surface area contributed by atoms with Crippen molar-refractivity contribution in [3.8, 4) is 5.75 Å². The lowest BCUT2D eigenvalue weighted by Gasteiger charge is -2.04. The van der Waals surface area contributed by atoms with Crippen LogP contribution < -0.4 is 10.5 Å². The average molecular weight is 296 g/mol. The van der Waals surface area contributed by atoms with Gasteiger partial charge in [-0.3, -0.25) is 0 Å². The molecule has 1 atom stereocenters. The summed E-state index contributed by atoms with van der Waals surface area (Å²) in [6.45, 7) is 0.561. The first-order chi connectivity index (χ1) is 5.70. The van der Waals surface area contributed by atoms with Crippen LogP contribution in [-0.4, -0.2) is 6.61 Å². The molecule has 0 saturated heterocycles. The van der Waals surface area contributed by atoms with Crippen molar-refractivity contribution in [1.82, 2.24) is 0 Å². The molecule has 0 amide bonds. The summed E-state index contributed by atoms with van der Waals surface area (Å²) < 4.78 is 6.37. The van der Waals surface area contributed by atoms with E-state index in [1.807, 2.05) is 12.1 Å². The minimum atomic E-state index is -0.0226. The van der Waals surface area contributed by atoms with Gasteiger partial charge < -0.3 is 10.5 Å². The number of ether oxygens (including phenoxy) is 1. The van der Waals surface area contributed by atoms with Crippen molar-refractivity contribution in [2.45, 2.75) is 6.04 Å². The normalized spacial score (nSPS) is 20.4. The lowest BCUT2D eigenvalue weighted by atomic mass is 10.1. The van der Waals surface area contributed by atoms with Gasteiger partial charge in [-0.05, 0) is 34.7 Å². The van der Waals surface area contributed by atoms with Gasteiger partial charge in [0, 0.05) is 9.13 Å². The lowest BCUT2D eigenvalue weighted by molar-refractivity contribution is 0.333. The highest BCUT2D eigenvalue weighted by Gasteiger charge is 2.24. The summed E-state index contributed by atoms with van der Waals surface area (Å²) in [7, 11) is 0. The molecule has 1 aliphatic rings. The first-order valence-corrected chi connectivity index (χ1v) is 5.02. The van der Waals surface area contributed by atoms with Crippen molar-refractivity contribution in [1.29, 1.82) is 0 Å². The predicted octanol–water partition coefficient (Wildman–Crippen LogP) is 2.34. The molecular formula is C8H7ClINO. The maximum absolute atomic E-state index is 5.94. The third-order valence-electron chi connectivity index (χ3n) is 1.88. The Bertz CT molecular complexity index is 329. The Kier molecular flexibility index (Phi) is 2.18. The second-order valence-electron chi connectivity index (χ2n) is 2.69. The number of halogens is 2. The third-order valence-corrected chi connectivity index (χ3v) is 3.68. The Morgan fingerprint density at radius 3 is 3.08 bits per heavy atom. The molecule has 0 aliphatic carbocycles. The van der Waals surface area contributed by atoms with E-state index in [2.05, 4.69) is 22.6 Å². The Labute approximate surface area is 89.2 Å². The zero-order valence-corrected chi connectivity index (χ0v) is 9.09.